The summed E-state index contributed by atoms with van der Waals surface area (Å²) in [5, 5.41) is 0. The molecule has 90 valence electrons. The summed E-state index contributed by atoms with van der Waals surface area (Å²) >= 11 is 0. The van der Waals surface area contributed by atoms with E-state index in [9.17, 15) is 4.79 Å². The molecule has 0 unspecified atom stereocenters. The molecule has 1 aromatic carbocycles. The van der Waals surface area contributed by atoms with Crippen molar-refractivity contribution in [3.63, 3.8) is 0 Å². The Morgan fingerprint density at radius 1 is 1.41 bits per heavy atom. The van der Waals surface area contributed by atoms with Crippen LogP contribution in [0, 0.1) is 6.57 Å². The summed E-state index contributed by atoms with van der Waals surface area (Å²) in [6.45, 7) is 6.84. The summed E-state index contributed by atoms with van der Waals surface area (Å²) in [5.41, 5.74) is 1.07. The van der Waals surface area contributed by atoms with Crippen molar-refractivity contribution in [3.05, 3.63) is 34.7 Å². The monoisotopic (exact) mass is 234 g/mol. The molecule has 1 aromatic rings. The van der Waals surface area contributed by atoms with Gasteiger partial charge in [-0.25, -0.2) is 0 Å². The van der Waals surface area contributed by atoms with E-state index < -0.39 is 0 Å². The maximum Gasteiger partial charge on any atom is 0.309 e. The average molecular weight is 234 g/mol. The summed E-state index contributed by atoms with van der Waals surface area (Å²) in [4.78, 5) is 14.4. The van der Waals surface area contributed by atoms with Crippen LogP contribution in [0.3, 0.4) is 0 Å². The Kier molecular flexibility index (Phi) is 5.02. The summed E-state index contributed by atoms with van der Waals surface area (Å²) in [7, 11) is 1.62. The van der Waals surface area contributed by atoms with Crippen molar-refractivity contribution in [2.45, 2.75) is 19.4 Å². The molecule has 0 saturated carbocycles. The van der Waals surface area contributed by atoms with Gasteiger partial charge in [0.1, 0.15) is 5.75 Å². The van der Waals surface area contributed by atoms with Crippen LogP contribution in [-0.4, -0.2) is 25.7 Å². The Hall–Kier alpha value is -2.02. The molecule has 0 N–H and O–H groups in total. The second kappa shape index (κ2) is 6.54. The van der Waals surface area contributed by atoms with Crippen LogP contribution in [0.25, 0.3) is 4.85 Å². The summed E-state index contributed by atoms with van der Waals surface area (Å²) < 4.78 is 9.94. The fourth-order valence-corrected chi connectivity index (χ4v) is 1.40. The number of carbonyl (C=O) groups excluding carboxylic acids is 1. The Bertz CT molecular complexity index is 406. The second-order valence-corrected chi connectivity index (χ2v) is 3.66. The molecule has 0 bridgehead atoms. The normalized spacial score (nSPS) is 11.4. The molecule has 0 heterocycles. The highest BCUT2D eigenvalue weighted by Gasteiger charge is 2.18. The third kappa shape index (κ3) is 4.56. The zero-order valence-corrected chi connectivity index (χ0v) is 10.1. The first-order chi connectivity index (χ1) is 8.15. The van der Waals surface area contributed by atoms with Gasteiger partial charge in [0, 0.05) is 6.92 Å². The highest BCUT2D eigenvalue weighted by molar-refractivity contribution is 5.65. The zero-order valence-electron chi connectivity index (χ0n) is 10.1. The number of hydrogen-bond acceptors (Lipinski definition) is 3. The standard InChI is InChI=1S/C13H16NO3/c1-10(15)17-9-12(14-2)8-11-4-6-13(16-3)7-5-11/h2,4-7,12H,8-9H2,1,3H3/q+1/t12-/m0/s1. The van der Waals surface area contributed by atoms with Crippen LogP contribution < -0.4 is 4.74 Å². The van der Waals surface area contributed by atoms with Gasteiger partial charge in [0.05, 0.1) is 13.5 Å². The summed E-state index contributed by atoms with van der Waals surface area (Å²) in [6, 6.07) is 7.39. The fourth-order valence-electron chi connectivity index (χ4n) is 1.40. The van der Waals surface area contributed by atoms with Crippen LogP contribution in [0.5, 0.6) is 5.75 Å². The van der Waals surface area contributed by atoms with E-state index in [1.807, 2.05) is 24.3 Å². The van der Waals surface area contributed by atoms with E-state index in [1.54, 1.807) is 7.11 Å². The first-order valence-corrected chi connectivity index (χ1v) is 5.32. The maximum atomic E-state index is 10.7. The van der Waals surface area contributed by atoms with E-state index in [0.717, 1.165) is 11.3 Å². The highest BCUT2D eigenvalue weighted by Crippen LogP contribution is 2.13. The van der Waals surface area contributed by atoms with Gasteiger partial charge in [0.2, 0.25) is 0 Å². The minimum Gasteiger partial charge on any atom is -0.497 e. The van der Waals surface area contributed by atoms with Crippen molar-refractivity contribution in [2.75, 3.05) is 13.7 Å². The van der Waals surface area contributed by atoms with Crippen molar-refractivity contribution in [1.29, 1.82) is 0 Å². The van der Waals surface area contributed by atoms with Crippen LogP contribution in [0.4, 0.5) is 0 Å². The molecule has 1 atom stereocenters. The van der Waals surface area contributed by atoms with Gasteiger partial charge in [-0.2, -0.15) is 0 Å². The number of ether oxygens (including phenoxy) is 2. The zero-order chi connectivity index (χ0) is 12.7. The molecule has 0 spiro atoms. The van der Waals surface area contributed by atoms with E-state index in [0.29, 0.717) is 6.42 Å². The molecule has 4 heteroatoms. The molecule has 0 radical (unpaired) electrons. The lowest BCUT2D eigenvalue weighted by atomic mass is 10.1. The van der Waals surface area contributed by atoms with E-state index in [4.69, 9.17) is 16.0 Å². The molecule has 1 rings (SSSR count). The van der Waals surface area contributed by atoms with Crippen molar-refractivity contribution in [1.82, 2.24) is 0 Å². The molecule has 4 nitrogen and oxygen atoms in total. The number of benzene rings is 1. The molecule has 0 fully saturated rings. The third-order valence-corrected chi connectivity index (χ3v) is 2.32. The minimum atomic E-state index is -0.326. The van der Waals surface area contributed by atoms with Gasteiger partial charge in [0.15, 0.2) is 6.61 Å². The second-order valence-electron chi connectivity index (χ2n) is 3.66. The lowest BCUT2D eigenvalue weighted by Gasteiger charge is -2.04. The van der Waals surface area contributed by atoms with Crippen molar-refractivity contribution < 1.29 is 14.3 Å². The van der Waals surface area contributed by atoms with Crippen molar-refractivity contribution in [2.24, 2.45) is 0 Å². The number of methoxy groups -OCH3 is 1. The van der Waals surface area contributed by atoms with Crippen molar-refractivity contribution >= 4 is 5.97 Å². The Balaban J connectivity index is 2.55. The first-order valence-electron chi connectivity index (χ1n) is 5.32. The van der Waals surface area contributed by atoms with Gasteiger partial charge in [-0.05, 0) is 17.7 Å². The number of carbonyl (C=O) groups is 1. The van der Waals surface area contributed by atoms with Gasteiger partial charge < -0.3 is 9.47 Å². The van der Waals surface area contributed by atoms with Crippen LogP contribution in [0.2, 0.25) is 0 Å². The van der Waals surface area contributed by atoms with Crippen LogP contribution in [0.15, 0.2) is 24.3 Å². The van der Waals surface area contributed by atoms with Gasteiger partial charge in [-0.15, -0.1) is 0 Å². The number of rotatable bonds is 5. The lowest BCUT2D eigenvalue weighted by molar-refractivity contribution is -0.141. The molecule has 0 aliphatic carbocycles. The van der Waals surface area contributed by atoms with E-state index in [1.165, 1.54) is 6.92 Å². The molecule has 17 heavy (non-hydrogen) atoms. The topological polar surface area (TPSA) is 39.9 Å². The Morgan fingerprint density at radius 2 is 2.06 bits per heavy atom. The van der Waals surface area contributed by atoms with Gasteiger partial charge >= 0.3 is 12.0 Å². The Morgan fingerprint density at radius 3 is 2.53 bits per heavy atom. The fraction of sp³-hybridized carbons (Fsp3) is 0.385. The maximum absolute atomic E-state index is 10.7. The minimum absolute atomic E-state index is 0.206. The quantitative estimate of drug-likeness (QED) is 0.733. The molecular weight excluding hydrogens is 218 g/mol. The molecule has 0 aliphatic rings. The number of hydrogen-bond donors (Lipinski definition) is 0. The predicted molar refractivity (Wildman–Crippen MR) is 65.4 cm³/mol. The number of nitrogens with zero attached hydrogens (tertiary/aromatic N) is 1. The molecule has 0 amide bonds. The number of esters is 1. The average Bonchev–Trinajstić information content (AvgIpc) is 2.35. The molecular formula is C13H16NO3+. The summed E-state index contributed by atoms with van der Waals surface area (Å²) in [5.74, 6) is 0.475. The van der Waals surface area contributed by atoms with Crippen LogP contribution in [0.1, 0.15) is 12.5 Å². The van der Waals surface area contributed by atoms with Crippen LogP contribution in [-0.2, 0) is 16.0 Å². The highest BCUT2D eigenvalue weighted by atomic mass is 16.5. The van der Waals surface area contributed by atoms with Crippen molar-refractivity contribution in [3.8, 4) is 12.3 Å². The largest absolute Gasteiger partial charge is 0.497 e. The van der Waals surface area contributed by atoms with Gasteiger partial charge in [-0.3, -0.25) is 4.79 Å². The lowest BCUT2D eigenvalue weighted by Crippen LogP contribution is -2.16. The summed E-state index contributed by atoms with van der Waals surface area (Å²) in [6.07, 6.45) is 0.633. The SMILES string of the molecule is C#[N+][C@H](COC(C)=O)Cc1ccc(OC)cc1. The first kappa shape index (κ1) is 13.0. The molecule has 0 aromatic heterocycles. The van der Waals surface area contributed by atoms with Gasteiger partial charge in [0.25, 0.3) is 6.57 Å². The van der Waals surface area contributed by atoms with Crippen LogP contribution >= 0.6 is 0 Å². The van der Waals surface area contributed by atoms with Gasteiger partial charge in [-0.1, -0.05) is 17.0 Å². The van der Waals surface area contributed by atoms with E-state index in [-0.39, 0.29) is 18.6 Å². The molecule has 0 saturated heterocycles. The van der Waals surface area contributed by atoms with E-state index in [2.05, 4.69) is 4.85 Å². The third-order valence-electron chi connectivity index (χ3n) is 2.32. The Labute approximate surface area is 101 Å². The predicted octanol–water partition coefficient (Wildman–Crippen LogP) is 2.13. The molecule has 0 aliphatic heterocycles. The van der Waals surface area contributed by atoms with E-state index >= 15 is 0 Å². The smallest absolute Gasteiger partial charge is 0.309 e.